The second kappa shape index (κ2) is 5.98. The summed E-state index contributed by atoms with van der Waals surface area (Å²) in [4.78, 5) is 0. The van der Waals surface area contributed by atoms with Crippen molar-refractivity contribution in [1.29, 1.82) is 0 Å². The van der Waals surface area contributed by atoms with Crippen LogP contribution in [0.4, 0.5) is 0 Å². The first-order chi connectivity index (χ1) is 5.43. The Hall–Kier alpha value is 0.400. The van der Waals surface area contributed by atoms with E-state index in [1.807, 2.05) is 0 Å². The van der Waals surface area contributed by atoms with Gasteiger partial charge < -0.3 is 9.47 Å². The molecule has 0 aromatic carbocycles. The molecule has 3 heteroatoms. The van der Waals surface area contributed by atoms with Gasteiger partial charge in [-0.15, -0.1) is 0 Å². The topological polar surface area (TPSA) is 18.5 Å². The number of ether oxygens (including phenoxy) is 2. The first kappa shape index (κ1) is 9.49. The number of rotatable bonds is 5. The highest BCUT2D eigenvalue weighted by molar-refractivity contribution is 9.09. The van der Waals surface area contributed by atoms with Crippen LogP contribution in [0, 0.1) is 0 Å². The van der Waals surface area contributed by atoms with Crippen LogP contribution < -0.4 is 0 Å². The molecule has 11 heavy (non-hydrogen) atoms. The molecule has 0 saturated carbocycles. The van der Waals surface area contributed by atoms with Crippen molar-refractivity contribution in [2.24, 2.45) is 0 Å². The Morgan fingerprint density at radius 2 is 2.45 bits per heavy atom. The Balaban J connectivity index is 1.86. The standard InChI is InChI=1S/C8H15BrO2/c9-4-2-5-10-7-8-3-1-6-11-8/h8H,1-7H2/t8-/m0/s1. The van der Waals surface area contributed by atoms with E-state index in [-0.39, 0.29) is 0 Å². The lowest BCUT2D eigenvalue weighted by Gasteiger charge is -2.08. The minimum Gasteiger partial charge on any atom is -0.379 e. The molecular formula is C8H15BrO2. The third-order valence-electron chi connectivity index (χ3n) is 1.75. The zero-order valence-corrected chi connectivity index (χ0v) is 8.31. The SMILES string of the molecule is BrCCCOC[C@@H]1CCCO1. The van der Waals surface area contributed by atoms with Crippen molar-refractivity contribution in [3.8, 4) is 0 Å². The van der Waals surface area contributed by atoms with Crippen molar-refractivity contribution in [1.82, 2.24) is 0 Å². The van der Waals surface area contributed by atoms with E-state index in [0.29, 0.717) is 6.10 Å². The Bertz CT molecular complexity index is 92.1. The van der Waals surface area contributed by atoms with E-state index >= 15 is 0 Å². The van der Waals surface area contributed by atoms with Crippen LogP contribution in [0.25, 0.3) is 0 Å². The quantitative estimate of drug-likeness (QED) is 0.524. The van der Waals surface area contributed by atoms with Gasteiger partial charge in [0.1, 0.15) is 0 Å². The van der Waals surface area contributed by atoms with Crippen LogP contribution in [0.3, 0.4) is 0 Å². The van der Waals surface area contributed by atoms with Gasteiger partial charge in [0.15, 0.2) is 0 Å². The summed E-state index contributed by atoms with van der Waals surface area (Å²) in [5, 5.41) is 1.03. The van der Waals surface area contributed by atoms with Crippen LogP contribution in [0.2, 0.25) is 0 Å². The molecule has 1 saturated heterocycles. The third-order valence-corrected chi connectivity index (χ3v) is 2.31. The molecule has 0 bridgehead atoms. The smallest absolute Gasteiger partial charge is 0.0809 e. The molecule has 0 aliphatic carbocycles. The molecule has 1 fully saturated rings. The minimum atomic E-state index is 0.380. The molecule has 2 nitrogen and oxygen atoms in total. The van der Waals surface area contributed by atoms with E-state index in [1.165, 1.54) is 12.8 Å². The van der Waals surface area contributed by atoms with Gasteiger partial charge >= 0.3 is 0 Å². The molecular weight excluding hydrogens is 208 g/mol. The van der Waals surface area contributed by atoms with E-state index in [4.69, 9.17) is 9.47 Å². The second-order valence-corrected chi connectivity index (χ2v) is 3.55. The minimum absolute atomic E-state index is 0.380. The van der Waals surface area contributed by atoms with Gasteiger partial charge in [-0.1, -0.05) is 15.9 Å². The van der Waals surface area contributed by atoms with Gasteiger partial charge in [0.25, 0.3) is 0 Å². The average molecular weight is 223 g/mol. The van der Waals surface area contributed by atoms with Gasteiger partial charge in [-0.25, -0.2) is 0 Å². The molecule has 1 aliphatic heterocycles. The van der Waals surface area contributed by atoms with Crippen LogP contribution in [-0.4, -0.2) is 31.3 Å². The summed E-state index contributed by atoms with van der Waals surface area (Å²) >= 11 is 3.35. The molecule has 1 heterocycles. The molecule has 0 spiro atoms. The molecule has 66 valence electrons. The lowest BCUT2D eigenvalue weighted by atomic mass is 10.2. The van der Waals surface area contributed by atoms with Crippen molar-refractivity contribution in [2.45, 2.75) is 25.4 Å². The van der Waals surface area contributed by atoms with Gasteiger partial charge in [-0.3, -0.25) is 0 Å². The first-order valence-electron chi connectivity index (χ1n) is 4.19. The fraction of sp³-hybridized carbons (Fsp3) is 1.00. The van der Waals surface area contributed by atoms with Crippen LogP contribution in [-0.2, 0) is 9.47 Å². The predicted octanol–water partition coefficient (Wildman–Crippen LogP) is 1.97. The molecule has 1 rings (SSSR count). The molecule has 0 radical (unpaired) electrons. The molecule has 0 amide bonds. The molecule has 1 aliphatic rings. The number of hydrogen-bond acceptors (Lipinski definition) is 2. The normalized spacial score (nSPS) is 24.3. The second-order valence-electron chi connectivity index (χ2n) is 2.75. The van der Waals surface area contributed by atoms with Gasteiger partial charge in [0, 0.05) is 18.5 Å². The van der Waals surface area contributed by atoms with E-state index in [9.17, 15) is 0 Å². The molecule has 0 aromatic heterocycles. The van der Waals surface area contributed by atoms with Crippen molar-refractivity contribution in [2.75, 3.05) is 25.2 Å². The number of halogens is 1. The summed E-state index contributed by atoms with van der Waals surface area (Å²) in [6.07, 6.45) is 3.85. The van der Waals surface area contributed by atoms with Crippen molar-refractivity contribution < 1.29 is 9.47 Å². The Morgan fingerprint density at radius 3 is 3.09 bits per heavy atom. The molecule has 0 N–H and O–H groups in total. The summed E-state index contributed by atoms with van der Waals surface area (Å²) in [6.45, 7) is 2.56. The largest absolute Gasteiger partial charge is 0.379 e. The van der Waals surface area contributed by atoms with Crippen molar-refractivity contribution in [3.05, 3.63) is 0 Å². The lowest BCUT2D eigenvalue weighted by molar-refractivity contribution is 0.0178. The Morgan fingerprint density at radius 1 is 1.55 bits per heavy atom. The van der Waals surface area contributed by atoms with Gasteiger partial charge in [0.2, 0.25) is 0 Å². The number of alkyl halides is 1. The summed E-state index contributed by atoms with van der Waals surface area (Å²) in [5.74, 6) is 0. The lowest BCUT2D eigenvalue weighted by Crippen LogP contribution is -2.14. The predicted molar refractivity (Wildman–Crippen MR) is 48.2 cm³/mol. The summed E-state index contributed by atoms with van der Waals surface area (Å²) in [7, 11) is 0. The van der Waals surface area contributed by atoms with E-state index in [1.54, 1.807) is 0 Å². The Labute approximate surface area is 76.4 Å². The average Bonchev–Trinajstić information content (AvgIpc) is 2.50. The van der Waals surface area contributed by atoms with E-state index in [2.05, 4.69) is 15.9 Å². The highest BCUT2D eigenvalue weighted by atomic mass is 79.9. The zero-order valence-electron chi connectivity index (χ0n) is 6.72. The van der Waals surface area contributed by atoms with Gasteiger partial charge in [-0.2, -0.15) is 0 Å². The third kappa shape index (κ3) is 4.09. The van der Waals surface area contributed by atoms with Crippen LogP contribution in [0.15, 0.2) is 0 Å². The summed E-state index contributed by atoms with van der Waals surface area (Å²) < 4.78 is 10.8. The van der Waals surface area contributed by atoms with Gasteiger partial charge in [-0.05, 0) is 19.3 Å². The highest BCUT2D eigenvalue weighted by Crippen LogP contribution is 2.11. The van der Waals surface area contributed by atoms with E-state index in [0.717, 1.165) is 31.6 Å². The number of hydrogen-bond donors (Lipinski definition) is 0. The maximum absolute atomic E-state index is 5.40. The summed E-state index contributed by atoms with van der Waals surface area (Å²) in [6, 6.07) is 0. The molecule has 0 unspecified atom stereocenters. The van der Waals surface area contributed by atoms with Crippen LogP contribution >= 0.6 is 15.9 Å². The zero-order chi connectivity index (χ0) is 7.94. The van der Waals surface area contributed by atoms with E-state index < -0.39 is 0 Å². The van der Waals surface area contributed by atoms with Crippen LogP contribution in [0.5, 0.6) is 0 Å². The maximum atomic E-state index is 5.40. The first-order valence-corrected chi connectivity index (χ1v) is 5.31. The fourth-order valence-electron chi connectivity index (χ4n) is 1.15. The van der Waals surface area contributed by atoms with Gasteiger partial charge in [0.05, 0.1) is 12.7 Å². The summed E-state index contributed by atoms with van der Waals surface area (Å²) in [5.41, 5.74) is 0. The molecule has 1 atom stereocenters. The monoisotopic (exact) mass is 222 g/mol. The Kier molecular flexibility index (Phi) is 5.15. The van der Waals surface area contributed by atoms with Crippen molar-refractivity contribution >= 4 is 15.9 Å². The fourth-order valence-corrected chi connectivity index (χ4v) is 1.38. The highest BCUT2D eigenvalue weighted by Gasteiger charge is 2.14. The van der Waals surface area contributed by atoms with Crippen LogP contribution in [0.1, 0.15) is 19.3 Å². The maximum Gasteiger partial charge on any atom is 0.0809 e. The molecule has 0 aromatic rings. The van der Waals surface area contributed by atoms with Crippen molar-refractivity contribution in [3.63, 3.8) is 0 Å².